The quantitative estimate of drug-likeness (QED) is 0.398. The first kappa shape index (κ1) is 23.9. The van der Waals surface area contributed by atoms with Gasteiger partial charge in [0.25, 0.3) is 0 Å². The van der Waals surface area contributed by atoms with Crippen molar-refractivity contribution in [1.82, 2.24) is 10.2 Å². The molecule has 0 spiro atoms. The fraction of sp³-hybridized carbons (Fsp3) is 0.400. The van der Waals surface area contributed by atoms with Gasteiger partial charge in [0.1, 0.15) is 18.1 Å². The summed E-state index contributed by atoms with van der Waals surface area (Å²) in [5.74, 6) is 1.24. The van der Waals surface area contributed by atoms with E-state index in [2.05, 4.69) is 16.9 Å². The molecule has 34 heavy (non-hydrogen) atoms. The van der Waals surface area contributed by atoms with Crippen molar-refractivity contribution in [3.8, 4) is 11.5 Å². The van der Waals surface area contributed by atoms with Gasteiger partial charge in [-0.1, -0.05) is 24.4 Å². The first-order chi connectivity index (χ1) is 16.5. The van der Waals surface area contributed by atoms with Crippen molar-refractivity contribution >= 4 is 28.8 Å². The average molecular weight is 484 g/mol. The van der Waals surface area contributed by atoms with Crippen LogP contribution in [0.5, 0.6) is 11.5 Å². The normalized spacial score (nSPS) is 19.1. The Morgan fingerprint density at radius 1 is 1.29 bits per heavy atom. The Kier molecular flexibility index (Phi) is 7.31. The molecule has 0 radical (unpaired) electrons. The molecule has 4 rings (SSSR count). The van der Waals surface area contributed by atoms with E-state index < -0.39 is 12.0 Å². The van der Waals surface area contributed by atoms with Crippen LogP contribution in [0, 0.1) is 5.92 Å². The van der Waals surface area contributed by atoms with Crippen LogP contribution in [0.1, 0.15) is 37.8 Å². The summed E-state index contributed by atoms with van der Waals surface area (Å²) >= 11 is 1.43. The summed E-state index contributed by atoms with van der Waals surface area (Å²) in [5, 5.41) is 5.64. The van der Waals surface area contributed by atoms with Gasteiger partial charge in [-0.25, -0.2) is 9.79 Å². The largest absolute Gasteiger partial charge is 0.497 e. The lowest BCUT2D eigenvalue weighted by Crippen LogP contribution is -2.38. The molecule has 1 amide bonds. The van der Waals surface area contributed by atoms with E-state index in [4.69, 9.17) is 14.2 Å². The van der Waals surface area contributed by atoms with Crippen LogP contribution < -0.4 is 14.8 Å². The third-order valence-electron chi connectivity index (χ3n) is 5.91. The zero-order chi connectivity index (χ0) is 24.2. The van der Waals surface area contributed by atoms with Gasteiger partial charge in [0.05, 0.1) is 38.0 Å². The Labute approximate surface area is 203 Å². The molecule has 1 N–H and O–H groups in total. The van der Waals surface area contributed by atoms with Gasteiger partial charge in [0, 0.05) is 23.9 Å². The van der Waals surface area contributed by atoms with Crippen LogP contribution in [0.15, 0.2) is 58.2 Å². The summed E-state index contributed by atoms with van der Waals surface area (Å²) in [7, 11) is 3.16. The van der Waals surface area contributed by atoms with Crippen molar-refractivity contribution in [2.45, 2.75) is 32.2 Å². The smallest absolute Gasteiger partial charge is 0.338 e. The number of rotatable bonds is 10. The fourth-order valence-electron chi connectivity index (χ4n) is 3.99. The van der Waals surface area contributed by atoms with Gasteiger partial charge in [0.15, 0.2) is 5.17 Å². The van der Waals surface area contributed by atoms with Crippen molar-refractivity contribution in [3.05, 3.63) is 58.8 Å². The van der Waals surface area contributed by atoms with Gasteiger partial charge in [0.2, 0.25) is 5.91 Å². The Bertz CT molecular complexity index is 1090. The maximum Gasteiger partial charge on any atom is 0.338 e. The molecule has 0 unspecified atom stereocenters. The van der Waals surface area contributed by atoms with Crippen molar-refractivity contribution in [3.63, 3.8) is 0 Å². The predicted molar refractivity (Wildman–Crippen MR) is 131 cm³/mol. The molecule has 8 nitrogen and oxygen atoms in total. The number of hydrogen-bond acceptors (Lipinski definition) is 8. The maximum absolute atomic E-state index is 13.2. The number of benzene rings is 1. The number of carbonyl (C=O) groups is 2. The Balaban J connectivity index is 1.72. The van der Waals surface area contributed by atoms with Gasteiger partial charge in [-0.15, -0.1) is 0 Å². The lowest BCUT2D eigenvalue weighted by atomic mass is 9.93. The van der Waals surface area contributed by atoms with E-state index in [0.29, 0.717) is 40.4 Å². The number of aliphatic imine (C=N–C) groups is 1. The van der Waals surface area contributed by atoms with Gasteiger partial charge in [-0.05, 0) is 43.2 Å². The molecule has 2 aliphatic heterocycles. The number of thioether (sulfide) groups is 1. The molecule has 2 heterocycles. The van der Waals surface area contributed by atoms with Gasteiger partial charge >= 0.3 is 5.97 Å². The standard InChI is InChI=1S/C25H29N3O5S/c1-5-10-33-24(30)22-15(2)27-25-28(17(14-34-25)11-21(29)26-13-16-6-7-16)23(22)19-9-8-18(31-3)12-20(19)32-4/h5,8-9,12,14,16,23H,1,6-7,10-11,13H2,2-4H3,(H,26,29)/t23-/m0/s1. The van der Waals surface area contributed by atoms with Crippen LogP contribution in [0.3, 0.4) is 0 Å². The van der Waals surface area contributed by atoms with Crippen molar-refractivity contribution < 1.29 is 23.8 Å². The highest BCUT2D eigenvalue weighted by molar-refractivity contribution is 8.16. The Morgan fingerprint density at radius 3 is 2.76 bits per heavy atom. The van der Waals surface area contributed by atoms with Gasteiger partial charge < -0.3 is 24.4 Å². The number of ether oxygens (including phenoxy) is 3. The second-order valence-electron chi connectivity index (χ2n) is 8.31. The van der Waals surface area contributed by atoms with E-state index in [1.807, 2.05) is 22.4 Å². The highest BCUT2D eigenvalue weighted by Gasteiger charge is 2.42. The topological polar surface area (TPSA) is 89.5 Å². The SMILES string of the molecule is C=CCOC(=O)C1=C(C)N=C2SC=C(CC(=O)NCC3CC3)N2[C@H]1c1ccc(OC)cc1OC. The van der Waals surface area contributed by atoms with E-state index in [1.54, 1.807) is 27.2 Å². The minimum absolute atomic E-state index is 0.0532. The second-order valence-corrected chi connectivity index (χ2v) is 9.15. The molecule has 9 heteroatoms. The minimum Gasteiger partial charge on any atom is -0.497 e. The number of esters is 1. The highest BCUT2D eigenvalue weighted by atomic mass is 32.2. The Hall–Kier alpha value is -3.20. The van der Waals surface area contributed by atoms with Crippen LogP contribution in [0.4, 0.5) is 0 Å². The number of fused-ring (bicyclic) bond motifs is 1. The van der Waals surface area contributed by atoms with Crippen molar-refractivity contribution in [2.75, 3.05) is 27.4 Å². The molecule has 180 valence electrons. The number of amidine groups is 1. The molecule has 1 saturated carbocycles. The molecular weight excluding hydrogens is 454 g/mol. The number of carbonyl (C=O) groups excluding carboxylic acids is 2. The summed E-state index contributed by atoms with van der Waals surface area (Å²) in [6.07, 6.45) is 4.04. The van der Waals surface area contributed by atoms with E-state index in [9.17, 15) is 9.59 Å². The lowest BCUT2D eigenvalue weighted by Gasteiger charge is -2.36. The number of methoxy groups -OCH3 is 2. The average Bonchev–Trinajstić information content (AvgIpc) is 3.60. The molecule has 1 aromatic carbocycles. The molecule has 1 aromatic rings. The number of nitrogens with zero attached hydrogens (tertiary/aromatic N) is 2. The molecular formula is C25H29N3O5S. The van der Waals surface area contributed by atoms with Crippen molar-refractivity contribution in [1.29, 1.82) is 0 Å². The van der Waals surface area contributed by atoms with Gasteiger partial charge in [-0.3, -0.25) is 4.79 Å². The third kappa shape index (κ3) is 4.99. The summed E-state index contributed by atoms with van der Waals surface area (Å²) in [4.78, 5) is 32.5. The molecule has 3 aliphatic rings. The number of nitrogens with one attached hydrogen (secondary N) is 1. The first-order valence-electron chi connectivity index (χ1n) is 11.2. The maximum atomic E-state index is 13.2. The summed E-state index contributed by atoms with van der Waals surface area (Å²) < 4.78 is 16.5. The van der Waals surface area contributed by atoms with E-state index in [1.165, 1.54) is 30.7 Å². The molecule has 0 aromatic heterocycles. The monoisotopic (exact) mass is 483 g/mol. The summed E-state index contributed by atoms with van der Waals surface area (Å²) in [5.41, 5.74) is 2.46. The van der Waals surface area contributed by atoms with Crippen LogP contribution in [-0.2, 0) is 14.3 Å². The molecule has 0 bridgehead atoms. The van der Waals surface area contributed by atoms with E-state index >= 15 is 0 Å². The third-order valence-corrected chi connectivity index (χ3v) is 6.80. The fourth-order valence-corrected chi connectivity index (χ4v) is 4.95. The Morgan fingerprint density at radius 2 is 2.09 bits per heavy atom. The van der Waals surface area contributed by atoms with Crippen LogP contribution in [-0.4, -0.2) is 49.3 Å². The molecule has 1 fully saturated rings. The van der Waals surface area contributed by atoms with Gasteiger partial charge in [-0.2, -0.15) is 0 Å². The zero-order valence-corrected chi connectivity index (χ0v) is 20.4. The van der Waals surface area contributed by atoms with Crippen LogP contribution >= 0.6 is 11.8 Å². The first-order valence-corrected chi connectivity index (χ1v) is 12.1. The molecule has 1 aliphatic carbocycles. The van der Waals surface area contributed by atoms with Crippen LogP contribution in [0.2, 0.25) is 0 Å². The number of allylic oxidation sites excluding steroid dienone is 1. The van der Waals surface area contributed by atoms with E-state index in [-0.39, 0.29) is 18.9 Å². The minimum atomic E-state index is -0.580. The lowest BCUT2D eigenvalue weighted by molar-refractivity contribution is -0.138. The van der Waals surface area contributed by atoms with E-state index in [0.717, 1.165) is 11.3 Å². The number of amides is 1. The van der Waals surface area contributed by atoms with Crippen molar-refractivity contribution in [2.24, 2.45) is 10.9 Å². The second kappa shape index (κ2) is 10.4. The summed E-state index contributed by atoms with van der Waals surface area (Å²) in [6.45, 7) is 6.21. The summed E-state index contributed by atoms with van der Waals surface area (Å²) in [6, 6.07) is 4.88. The van der Waals surface area contributed by atoms with Crippen LogP contribution in [0.25, 0.3) is 0 Å². The highest BCUT2D eigenvalue weighted by Crippen LogP contribution is 2.47. The zero-order valence-electron chi connectivity index (χ0n) is 19.6. The molecule has 1 atom stereocenters. The molecule has 0 saturated heterocycles. The number of hydrogen-bond donors (Lipinski definition) is 1. The predicted octanol–water partition coefficient (Wildman–Crippen LogP) is 3.92.